The number of Topliss-reactive ketones (excluding diaryl/α,β-unsaturated/α-hetero) is 1. The minimum Gasteiger partial charge on any atom is -0.396 e. The summed E-state index contributed by atoms with van der Waals surface area (Å²) in [6.07, 6.45) is 10.9. The molecule has 3 aliphatic heterocycles. The first-order valence-corrected chi connectivity index (χ1v) is 25.6. The van der Waals surface area contributed by atoms with Crippen LogP contribution in [0.5, 0.6) is 0 Å². The van der Waals surface area contributed by atoms with Gasteiger partial charge in [0.2, 0.25) is 11.8 Å². The zero-order chi connectivity index (χ0) is 41.3. The van der Waals surface area contributed by atoms with Crippen LogP contribution in [-0.2, 0) is 37.1 Å². The molecule has 4 fully saturated rings. The lowest BCUT2D eigenvalue weighted by Crippen LogP contribution is -2.36. The van der Waals surface area contributed by atoms with E-state index in [1.54, 1.807) is 0 Å². The number of thioether (sulfide) groups is 2. The maximum absolute atomic E-state index is 12.6. The molecule has 328 valence electrons. The minimum absolute atomic E-state index is 0.00472. The molecule has 0 bridgehead atoms. The van der Waals surface area contributed by atoms with Gasteiger partial charge in [0.1, 0.15) is 5.78 Å². The fourth-order valence-electron chi connectivity index (χ4n) is 7.98. The third kappa shape index (κ3) is 18.5. The van der Waals surface area contributed by atoms with Gasteiger partial charge in [-0.1, -0.05) is 25.7 Å². The van der Waals surface area contributed by atoms with Crippen molar-refractivity contribution in [2.24, 2.45) is 23.7 Å². The van der Waals surface area contributed by atoms with Gasteiger partial charge in [0, 0.05) is 73.5 Å². The Bertz CT molecular complexity index is 1400. The van der Waals surface area contributed by atoms with Crippen LogP contribution in [0.2, 0.25) is 0 Å². The summed E-state index contributed by atoms with van der Waals surface area (Å²) in [4.78, 5) is 76.5. The van der Waals surface area contributed by atoms with Crippen LogP contribution in [0.25, 0.3) is 0 Å². The van der Waals surface area contributed by atoms with Gasteiger partial charge in [-0.25, -0.2) is 13.9 Å². The first-order chi connectivity index (χ1) is 27.2. The largest absolute Gasteiger partial charge is 0.472 e. The van der Waals surface area contributed by atoms with Crippen molar-refractivity contribution in [2.45, 2.75) is 125 Å². The van der Waals surface area contributed by atoms with Crippen molar-refractivity contribution in [3.63, 3.8) is 0 Å². The molecule has 0 aromatic rings. The molecular weight excluding hydrogens is 822 g/mol. The predicted molar refractivity (Wildman–Crippen MR) is 217 cm³/mol. The summed E-state index contributed by atoms with van der Waals surface area (Å²) in [6.45, 7) is -0.436. The van der Waals surface area contributed by atoms with Gasteiger partial charge in [0.25, 0.3) is 0 Å². The number of ketones is 1. The Labute approximate surface area is 344 Å². The number of rotatable bonds is 30. The number of carbonyl (C=O) groups is 4. The topological polar surface area (TPSA) is 259 Å². The van der Waals surface area contributed by atoms with Gasteiger partial charge in [-0.05, 0) is 69.0 Å². The normalized spacial score (nSPS) is 26.3. The van der Waals surface area contributed by atoms with Crippen molar-refractivity contribution in [3.05, 3.63) is 0 Å². The highest BCUT2D eigenvalue weighted by atomic mass is 32.2. The number of phosphoric acid groups is 2. The van der Waals surface area contributed by atoms with Crippen molar-refractivity contribution in [1.29, 1.82) is 0 Å². The van der Waals surface area contributed by atoms with E-state index >= 15 is 0 Å². The maximum Gasteiger partial charge on any atom is 0.472 e. The minimum atomic E-state index is -4.80. The zero-order valence-electron chi connectivity index (χ0n) is 32.8. The summed E-state index contributed by atoms with van der Waals surface area (Å²) in [6, 6.07) is 0.204. The smallest absolute Gasteiger partial charge is 0.396 e. The molecular formula is C36H64N4O13P2S2. The van der Waals surface area contributed by atoms with E-state index in [1.165, 1.54) is 0 Å². The number of carbonyl (C=O) groups excluding carboxylic acids is 4. The molecule has 4 rings (SSSR count). The number of phosphoric ester groups is 2. The molecule has 8 N–H and O–H groups in total. The fraction of sp³-hybridized carbons (Fsp3) is 0.889. The van der Waals surface area contributed by atoms with E-state index in [0.717, 1.165) is 62.9 Å². The van der Waals surface area contributed by atoms with Crippen molar-refractivity contribution in [2.75, 3.05) is 51.0 Å². The molecule has 21 heteroatoms. The van der Waals surface area contributed by atoms with Crippen molar-refractivity contribution < 1.29 is 61.7 Å². The number of hydrogen-bond donors (Lipinski definition) is 8. The van der Waals surface area contributed by atoms with Crippen LogP contribution in [0.3, 0.4) is 0 Å². The van der Waals surface area contributed by atoms with Gasteiger partial charge in [-0.15, -0.1) is 0 Å². The lowest BCUT2D eigenvalue weighted by Gasteiger charge is -2.21. The highest BCUT2D eigenvalue weighted by Gasteiger charge is 2.43. The van der Waals surface area contributed by atoms with Gasteiger partial charge in [-0.2, -0.15) is 23.5 Å². The van der Waals surface area contributed by atoms with Crippen LogP contribution in [0.1, 0.15) is 103 Å². The van der Waals surface area contributed by atoms with Crippen molar-refractivity contribution in [1.82, 2.24) is 21.3 Å². The summed E-state index contributed by atoms with van der Waals surface area (Å²) in [5.74, 6) is 2.27. The van der Waals surface area contributed by atoms with E-state index in [4.69, 9.17) is 9.05 Å². The fourth-order valence-corrected chi connectivity index (χ4v) is 12.6. The third-order valence-corrected chi connectivity index (χ3v) is 15.8. The Morgan fingerprint density at radius 2 is 1.32 bits per heavy atom. The zero-order valence-corrected chi connectivity index (χ0v) is 36.2. The Kier molecular flexibility index (Phi) is 21.1. The standard InChI is InChI=1S/C36H64N4O13P2S2/c41-19-25(9-5-7-15-37-33(43)13-3-1-11-31-29-18-28(42)17-27(29)23-56-31)20-52-55(49,50)53-22-26(21-51-54(46,47)48)10-6-8-16-38-34(44)14-4-2-12-32-35-30(24-57-32)39-36(45)40-35/h25-27,29-32,35,41H,1-24H2,(H,37,43)(H,38,44)(H,49,50)(H2,39,40,45)(H2,46,47,48). The summed E-state index contributed by atoms with van der Waals surface area (Å²) >= 11 is 3.82. The van der Waals surface area contributed by atoms with Gasteiger partial charge < -0.3 is 41.1 Å². The number of urea groups is 1. The molecule has 4 amide bonds. The van der Waals surface area contributed by atoms with E-state index in [-0.39, 0.29) is 49.7 Å². The molecule has 0 radical (unpaired) electrons. The Morgan fingerprint density at radius 3 is 1.95 bits per heavy atom. The SMILES string of the molecule is O=C1CC2CSC(CCCCC(=O)NCCCCC(CO)COP(=O)(O)OCC(CCCCNC(=O)CCCCC3SCC4NC(=O)NC43)COP(=O)(O)O)C2C1. The first-order valence-electron chi connectivity index (χ1n) is 20.5. The average Bonchev–Trinajstić information content (AvgIpc) is 3.92. The van der Waals surface area contributed by atoms with Gasteiger partial charge >= 0.3 is 21.7 Å². The molecule has 9 atom stereocenters. The molecule has 3 saturated heterocycles. The molecule has 1 aliphatic carbocycles. The summed E-state index contributed by atoms with van der Waals surface area (Å²) < 4.78 is 38.9. The highest BCUT2D eigenvalue weighted by molar-refractivity contribution is 8.00. The lowest BCUT2D eigenvalue weighted by molar-refractivity contribution is -0.122. The molecule has 4 aliphatic rings. The van der Waals surface area contributed by atoms with Gasteiger partial charge in [0.05, 0.1) is 31.9 Å². The number of aliphatic hydroxyl groups excluding tert-OH is 1. The Morgan fingerprint density at radius 1 is 0.737 bits per heavy atom. The van der Waals surface area contributed by atoms with E-state index in [0.29, 0.717) is 92.6 Å². The number of nitrogens with one attached hydrogen (secondary N) is 4. The number of amides is 4. The lowest BCUT2D eigenvalue weighted by atomic mass is 9.92. The average molecular weight is 887 g/mol. The maximum atomic E-state index is 12.6. The monoisotopic (exact) mass is 886 g/mol. The number of aliphatic hydroxyl groups is 1. The Hall–Kier alpha value is -1.24. The van der Waals surface area contributed by atoms with Crippen LogP contribution >= 0.6 is 39.2 Å². The molecule has 3 heterocycles. The van der Waals surface area contributed by atoms with E-state index < -0.39 is 34.1 Å². The second kappa shape index (κ2) is 24.9. The predicted octanol–water partition coefficient (Wildman–Crippen LogP) is 4.02. The van der Waals surface area contributed by atoms with Crippen LogP contribution in [0, 0.1) is 23.7 Å². The van der Waals surface area contributed by atoms with E-state index in [9.17, 15) is 48.1 Å². The first kappa shape index (κ1) is 48.4. The number of fused-ring (bicyclic) bond motifs is 2. The molecule has 0 spiro atoms. The number of hydrogen-bond acceptors (Lipinski definition) is 12. The van der Waals surface area contributed by atoms with Gasteiger partial charge in [0.15, 0.2) is 0 Å². The summed E-state index contributed by atoms with van der Waals surface area (Å²) in [5, 5.41) is 22.4. The van der Waals surface area contributed by atoms with E-state index in [2.05, 4.69) is 25.8 Å². The molecule has 1 saturated carbocycles. The van der Waals surface area contributed by atoms with Crippen LogP contribution in [0.15, 0.2) is 0 Å². The molecule has 0 aromatic heterocycles. The molecule has 17 nitrogen and oxygen atoms in total. The van der Waals surface area contributed by atoms with Crippen molar-refractivity contribution >= 4 is 62.8 Å². The van der Waals surface area contributed by atoms with Crippen molar-refractivity contribution in [3.8, 4) is 0 Å². The highest BCUT2D eigenvalue weighted by Crippen LogP contribution is 2.48. The van der Waals surface area contributed by atoms with Crippen LogP contribution < -0.4 is 21.3 Å². The third-order valence-electron chi connectivity index (χ3n) is 11.2. The quantitative estimate of drug-likeness (QED) is 0.0288. The van der Waals surface area contributed by atoms with Crippen LogP contribution in [0.4, 0.5) is 4.79 Å². The van der Waals surface area contributed by atoms with E-state index in [1.807, 2.05) is 23.5 Å². The van der Waals surface area contributed by atoms with Crippen LogP contribution in [-0.4, -0.2) is 117 Å². The summed E-state index contributed by atoms with van der Waals surface area (Å²) in [7, 11) is -9.36. The Balaban J connectivity index is 1.01. The number of unbranched alkanes of at least 4 members (excludes halogenated alkanes) is 4. The molecule has 57 heavy (non-hydrogen) atoms. The molecule has 9 unspecified atom stereocenters. The summed E-state index contributed by atoms with van der Waals surface area (Å²) in [5.41, 5.74) is 0. The molecule has 0 aromatic carbocycles. The second-order valence-electron chi connectivity index (χ2n) is 15.8. The van der Waals surface area contributed by atoms with Gasteiger partial charge in [-0.3, -0.25) is 28.0 Å². The second-order valence-corrected chi connectivity index (χ2v) is 21.0.